The molecule has 2 aromatic carbocycles. The summed E-state index contributed by atoms with van der Waals surface area (Å²) in [5, 5.41) is 8.28. The monoisotopic (exact) mass is 375 g/mol. The van der Waals surface area contributed by atoms with Crippen LogP contribution in [-0.2, 0) is 6.42 Å². The third-order valence-corrected chi connectivity index (χ3v) is 5.52. The Morgan fingerprint density at radius 3 is 2.67 bits per heavy atom. The van der Waals surface area contributed by atoms with Crippen LogP contribution in [0.25, 0.3) is 22.2 Å². The van der Waals surface area contributed by atoms with Crippen LogP contribution in [-0.4, -0.2) is 15.2 Å². The van der Waals surface area contributed by atoms with E-state index in [-0.39, 0.29) is 0 Å². The minimum Gasteiger partial charge on any atom is -0.261 e. The topological polar surface area (TPSA) is 41.6 Å². The van der Waals surface area contributed by atoms with E-state index in [0.717, 1.165) is 22.1 Å². The fourth-order valence-electron chi connectivity index (χ4n) is 3.80. The zero-order chi connectivity index (χ0) is 16.1. The van der Waals surface area contributed by atoms with Gasteiger partial charge >= 0.3 is 0 Å². The van der Waals surface area contributed by atoms with Gasteiger partial charge in [-0.15, -0.1) is 0 Å². The lowest BCUT2D eigenvalue weighted by atomic mass is 9.75. The average Bonchev–Trinajstić information content (AvgIpc) is 3.09. The number of nitrogens with zero attached hydrogens (tertiary/aromatic N) is 2. The Hall–Kier alpha value is -2.46. The van der Waals surface area contributed by atoms with Gasteiger partial charge in [-0.3, -0.25) is 5.10 Å². The molecule has 2 heterocycles. The average molecular weight is 376 g/mol. The largest absolute Gasteiger partial charge is 0.261 e. The van der Waals surface area contributed by atoms with Crippen LogP contribution < -0.4 is 0 Å². The number of benzene rings is 2. The molecule has 5 rings (SSSR count). The van der Waals surface area contributed by atoms with E-state index >= 15 is 0 Å². The number of H-pyrrole nitrogens is 1. The van der Waals surface area contributed by atoms with Crippen molar-refractivity contribution < 1.29 is 0 Å². The van der Waals surface area contributed by atoms with E-state index in [4.69, 9.17) is 0 Å². The van der Waals surface area contributed by atoms with E-state index in [1.165, 1.54) is 27.8 Å². The molecule has 1 atom stereocenters. The Kier molecular flexibility index (Phi) is 3.06. The molecule has 1 aliphatic carbocycles. The van der Waals surface area contributed by atoms with Crippen molar-refractivity contribution in [2.45, 2.75) is 12.3 Å². The van der Waals surface area contributed by atoms with E-state index in [0.29, 0.717) is 5.92 Å². The molecule has 0 bridgehead atoms. The predicted molar refractivity (Wildman–Crippen MR) is 99.0 cm³/mol. The molecule has 1 unspecified atom stereocenters. The molecule has 3 nitrogen and oxygen atoms in total. The Morgan fingerprint density at radius 1 is 1.00 bits per heavy atom. The quantitative estimate of drug-likeness (QED) is 0.471. The fraction of sp³-hybridized carbons (Fsp3) is 0.100. The predicted octanol–water partition coefficient (Wildman–Crippen LogP) is 5.08. The highest BCUT2D eigenvalue weighted by atomic mass is 79.9. The van der Waals surface area contributed by atoms with E-state index in [1.807, 2.05) is 6.20 Å². The third-order valence-electron chi connectivity index (χ3n) is 4.87. The summed E-state index contributed by atoms with van der Waals surface area (Å²) in [6.45, 7) is 0. The zero-order valence-corrected chi connectivity index (χ0v) is 14.4. The number of hydrogen-bond donors (Lipinski definition) is 1. The zero-order valence-electron chi connectivity index (χ0n) is 12.8. The summed E-state index contributed by atoms with van der Waals surface area (Å²) in [6.07, 6.45) is 2.82. The highest BCUT2D eigenvalue weighted by molar-refractivity contribution is 9.10. The van der Waals surface area contributed by atoms with Gasteiger partial charge in [-0.1, -0.05) is 54.6 Å². The normalized spacial score (nSPS) is 16.0. The van der Waals surface area contributed by atoms with Gasteiger partial charge < -0.3 is 0 Å². The summed E-state index contributed by atoms with van der Waals surface area (Å²) in [6, 6.07) is 19.4. The van der Waals surface area contributed by atoms with Gasteiger partial charge in [0, 0.05) is 16.9 Å². The molecule has 0 aliphatic heterocycles. The maximum absolute atomic E-state index is 4.65. The SMILES string of the molecule is Brc1nc2[nH]ncc2c2c1CC(c1ccccc1)c1ccccc1-2. The van der Waals surface area contributed by atoms with E-state index in [2.05, 4.69) is 85.7 Å². The lowest BCUT2D eigenvalue weighted by Gasteiger charge is -2.29. The van der Waals surface area contributed by atoms with Crippen LogP contribution in [0.15, 0.2) is 65.4 Å². The van der Waals surface area contributed by atoms with Crippen molar-refractivity contribution in [3.63, 3.8) is 0 Å². The smallest absolute Gasteiger partial charge is 0.157 e. The van der Waals surface area contributed by atoms with Gasteiger partial charge in [-0.2, -0.15) is 5.10 Å². The van der Waals surface area contributed by atoms with Gasteiger partial charge in [0.15, 0.2) is 5.65 Å². The van der Waals surface area contributed by atoms with E-state index < -0.39 is 0 Å². The molecule has 0 fully saturated rings. The number of pyridine rings is 1. The van der Waals surface area contributed by atoms with Crippen molar-refractivity contribution in [2.24, 2.45) is 0 Å². The van der Waals surface area contributed by atoms with Gasteiger partial charge in [0.05, 0.1) is 6.20 Å². The molecule has 4 aromatic rings. The molecule has 0 radical (unpaired) electrons. The van der Waals surface area contributed by atoms with E-state index in [1.54, 1.807) is 0 Å². The molecule has 0 amide bonds. The summed E-state index contributed by atoms with van der Waals surface area (Å²) in [7, 11) is 0. The first-order valence-electron chi connectivity index (χ1n) is 7.98. The Labute approximate surface area is 147 Å². The maximum Gasteiger partial charge on any atom is 0.157 e. The molecule has 1 N–H and O–H groups in total. The number of hydrogen-bond acceptors (Lipinski definition) is 2. The van der Waals surface area contributed by atoms with Crippen molar-refractivity contribution in [1.82, 2.24) is 15.2 Å². The molecule has 4 heteroatoms. The highest BCUT2D eigenvalue weighted by Gasteiger charge is 2.29. The first-order chi connectivity index (χ1) is 11.8. The summed E-state index contributed by atoms with van der Waals surface area (Å²) in [5.41, 5.74) is 7.34. The molecule has 0 saturated heterocycles. The second kappa shape index (κ2) is 5.28. The minimum atomic E-state index is 0.345. The second-order valence-electron chi connectivity index (χ2n) is 6.14. The lowest BCUT2D eigenvalue weighted by molar-refractivity contribution is 0.788. The molecule has 0 spiro atoms. The van der Waals surface area contributed by atoms with Gasteiger partial charge in [0.1, 0.15) is 4.60 Å². The molecular formula is C20H14BrN3. The number of aromatic nitrogens is 3. The maximum atomic E-state index is 4.65. The molecule has 24 heavy (non-hydrogen) atoms. The van der Waals surface area contributed by atoms with Crippen molar-refractivity contribution in [3.05, 3.63) is 82.1 Å². The van der Waals surface area contributed by atoms with Gasteiger partial charge in [-0.05, 0) is 44.6 Å². The Morgan fingerprint density at radius 2 is 1.79 bits per heavy atom. The van der Waals surface area contributed by atoms with Gasteiger partial charge in [0.2, 0.25) is 0 Å². The van der Waals surface area contributed by atoms with Gasteiger partial charge in [0.25, 0.3) is 0 Å². The van der Waals surface area contributed by atoms with E-state index in [9.17, 15) is 0 Å². The lowest BCUT2D eigenvalue weighted by Crippen LogP contribution is -2.14. The number of fused-ring (bicyclic) bond motifs is 5. The third kappa shape index (κ3) is 1.96. The minimum absolute atomic E-state index is 0.345. The molecule has 0 saturated carbocycles. The summed E-state index contributed by atoms with van der Waals surface area (Å²) < 4.78 is 0.907. The Bertz CT molecular complexity index is 1050. The first kappa shape index (κ1) is 13.9. The van der Waals surface area contributed by atoms with Crippen molar-refractivity contribution >= 4 is 27.0 Å². The van der Waals surface area contributed by atoms with Crippen LogP contribution >= 0.6 is 15.9 Å². The van der Waals surface area contributed by atoms with Crippen LogP contribution in [0.1, 0.15) is 22.6 Å². The standard InChI is InChI=1S/C20H14BrN3/c21-19-16-10-15(12-6-2-1-3-7-12)13-8-4-5-9-14(13)18(16)17-11-22-24-20(17)23-19/h1-9,11,15H,10H2,(H,22,23,24). The Balaban J connectivity index is 1.84. The number of aromatic amines is 1. The molecular weight excluding hydrogens is 362 g/mol. The second-order valence-corrected chi connectivity index (χ2v) is 6.89. The fourth-order valence-corrected chi connectivity index (χ4v) is 4.34. The van der Waals surface area contributed by atoms with Crippen molar-refractivity contribution in [1.29, 1.82) is 0 Å². The van der Waals surface area contributed by atoms with Crippen molar-refractivity contribution in [3.8, 4) is 11.1 Å². The van der Waals surface area contributed by atoms with Crippen LogP contribution in [0.3, 0.4) is 0 Å². The number of halogens is 1. The number of nitrogens with one attached hydrogen (secondary N) is 1. The highest BCUT2D eigenvalue weighted by Crippen LogP contribution is 2.46. The van der Waals surface area contributed by atoms with Crippen LogP contribution in [0.4, 0.5) is 0 Å². The van der Waals surface area contributed by atoms with Gasteiger partial charge in [-0.25, -0.2) is 4.98 Å². The van der Waals surface area contributed by atoms with Crippen LogP contribution in [0.2, 0.25) is 0 Å². The molecule has 1 aliphatic rings. The number of rotatable bonds is 1. The van der Waals surface area contributed by atoms with Crippen LogP contribution in [0, 0.1) is 0 Å². The molecule has 2 aromatic heterocycles. The summed E-state index contributed by atoms with van der Waals surface area (Å²) >= 11 is 3.68. The van der Waals surface area contributed by atoms with Crippen LogP contribution in [0.5, 0.6) is 0 Å². The summed E-state index contributed by atoms with van der Waals surface area (Å²) in [5.74, 6) is 0.345. The summed E-state index contributed by atoms with van der Waals surface area (Å²) in [4.78, 5) is 4.65. The molecule has 116 valence electrons. The van der Waals surface area contributed by atoms with Crippen molar-refractivity contribution in [2.75, 3.05) is 0 Å². The first-order valence-corrected chi connectivity index (χ1v) is 8.78.